The summed E-state index contributed by atoms with van der Waals surface area (Å²) >= 11 is 0. The van der Waals surface area contributed by atoms with E-state index in [1.807, 2.05) is 44.2 Å². The average molecular weight is 494 g/mol. The lowest BCUT2D eigenvalue weighted by molar-refractivity contribution is -0.143. The number of carbonyl (C=O) groups is 4. The number of aliphatic hydroxyl groups excluding tert-OH is 1. The molecule has 0 aliphatic carbocycles. The number of nitrogens with two attached hydrogens (primary N) is 2. The Kier molecular flexibility index (Phi) is 13.5. The maximum absolute atomic E-state index is 13.1. The first-order valence-corrected chi connectivity index (χ1v) is 11.8. The molecule has 11 heteroatoms. The van der Waals surface area contributed by atoms with Crippen LogP contribution in [0.3, 0.4) is 0 Å². The van der Waals surface area contributed by atoms with Crippen molar-refractivity contribution < 1.29 is 29.4 Å². The highest BCUT2D eigenvalue weighted by Crippen LogP contribution is 2.09. The first-order chi connectivity index (χ1) is 16.6. The zero-order valence-electron chi connectivity index (χ0n) is 20.4. The Hall–Kier alpha value is -3.02. The molecule has 0 spiro atoms. The van der Waals surface area contributed by atoms with E-state index in [-0.39, 0.29) is 12.3 Å². The van der Waals surface area contributed by atoms with Crippen molar-refractivity contribution >= 4 is 23.7 Å². The predicted octanol–water partition coefficient (Wildman–Crippen LogP) is -0.737. The Morgan fingerprint density at radius 1 is 0.886 bits per heavy atom. The van der Waals surface area contributed by atoms with Crippen molar-refractivity contribution in [2.24, 2.45) is 17.4 Å². The summed E-state index contributed by atoms with van der Waals surface area (Å²) in [6, 6.07) is 4.88. The predicted molar refractivity (Wildman–Crippen MR) is 131 cm³/mol. The lowest BCUT2D eigenvalue weighted by Gasteiger charge is -2.26. The molecule has 196 valence electrons. The van der Waals surface area contributed by atoms with Gasteiger partial charge in [0.25, 0.3) is 0 Å². The molecule has 1 aromatic rings. The Labute approximate surface area is 206 Å². The standard InChI is InChI=1S/C24H39N5O6/c1-15(2)12-19(28-21(31)17(26)13-16-8-4-3-5-9-16)23(33)27-18(10-6-7-11-25)22(32)29-20(14-30)24(34)35/h3-5,8-9,15,17-20,30H,6-7,10-14,25-26H2,1-2H3,(H,27,33)(H,28,31)(H,29,32)(H,34,35). The van der Waals surface area contributed by atoms with Gasteiger partial charge in [0, 0.05) is 0 Å². The number of rotatable bonds is 16. The van der Waals surface area contributed by atoms with E-state index >= 15 is 0 Å². The van der Waals surface area contributed by atoms with Gasteiger partial charge in [0.1, 0.15) is 18.1 Å². The second-order valence-corrected chi connectivity index (χ2v) is 8.91. The van der Waals surface area contributed by atoms with Crippen molar-refractivity contribution in [3.05, 3.63) is 35.9 Å². The van der Waals surface area contributed by atoms with Crippen LogP contribution in [-0.2, 0) is 25.6 Å². The number of benzene rings is 1. The molecule has 0 bridgehead atoms. The number of hydrogen-bond acceptors (Lipinski definition) is 7. The summed E-state index contributed by atoms with van der Waals surface area (Å²) in [5.74, 6) is -3.17. The summed E-state index contributed by atoms with van der Waals surface area (Å²) < 4.78 is 0. The average Bonchev–Trinajstić information content (AvgIpc) is 2.81. The van der Waals surface area contributed by atoms with E-state index in [9.17, 15) is 24.3 Å². The summed E-state index contributed by atoms with van der Waals surface area (Å²) in [6.07, 6.45) is 1.92. The molecule has 0 saturated carbocycles. The number of nitrogens with one attached hydrogen (secondary N) is 3. The van der Waals surface area contributed by atoms with Gasteiger partial charge in [-0.25, -0.2) is 4.79 Å². The summed E-state index contributed by atoms with van der Waals surface area (Å²) in [7, 11) is 0. The van der Waals surface area contributed by atoms with Crippen LogP contribution < -0.4 is 27.4 Å². The second-order valence-electron chi connectivity index (χ2n) is 8.91. The quantitative estimate of drug-likeness (QED) is 0.146. The first kappa shape index (κ1) is 30.0. The van der Waals surface area contributed by atoms with Gasteiger partial charge in [0.15, 0.2) is 0 Å². The summed E-state index contributed by atoms with van der Waals surface area (Å²) in [5, 5.41) is 25.8. The third kappa shape index (κ3) is 11.3. The fourth-order valence-corrected chi connectivity index (χ4v) is 3.43. The number of hydrogen-bond donors (Lipinski definition) is 7. The van der Waals surface area contributed by atoms with Crippen molar-refractivity contribution in [1.82, 2.24) is 16.0 Å². The number of carboxylic acids is 1. The van der Waals surface area contributed by atoms with Crippen LogP contribution in [0.2, 0.25) is 0 Å². The van der Waals surface area contributed by atoms with Crippen LogP contribution in [0.15, 0.2) is 30.3 Å². The highest BCUT2D eigenvalue weighted by atomic mass is 16.4. The van der Waals surface area contributed by atoms with Crippen LogP contribution in [0.4, 0.5) is 0 Å². The van der Waals surface area contributed by atoms with Crippen molar-refractivity contribution in [2.75, 3.05) is 13.2 Å². The number of aliphatic carboxylic acids is 1. The molecule has 4 atom stereocenters. The van der Waals surface area contributed by atoms with E-state index in [0.717, 1.165) is 5.56 Å². The van der Waals surface area contributed by atoms with E-state index in [2.05, 4.69) is 16.0 Å². The minimum atomic E-state index is -1.50. The lowest BCUT2D eigenvalue weighted by Crippen LogP contribution is -2.57. The minimum Gasteiger partial charge on any atom is -0.480 e. The summed E-state index contributed by atoms with van der Waals surface area (Å²) in [6.45, 7) is 3.37. The Balaban J connectivity index is 2.92. The van der Waals surface area contributed by atoms with Crippen molar-refractivity contribution in [1.29, 1.82) is 0 Å². The zero-order valence-corrected chi connectivity index (χ0v) is 20.4. The molecule has 0 aromatic heterocycles. The van der Waals surface area contributed by atoms with Crippen LogP contribution in [-0.4, -0.2) is 71.2 Å². The SMILES string of the molecule is CC(C)CC(NC(=O)C(N)Cc1ccccc1)C(=O)NC(CCCCN)C(=O)NC(CO)C(=O)O. The van der Waals surface area contributed by atoms with Gasteiger partial charge >= 0.3 is 5.97 Å². The molecule has 0 aliphatic heterocycles. The number of aliphatic hydroxyl groups is 1. The van der Waals surface area contributed by atoms with Gasteiger partial charge in [0.2, 0.25) is 17.7 Å². The van der Waals surface area contributed by atoms with Crippen molar-refractivity contribution in [2.45, 2.75) is 70.1 Å². The van der Waals surface area contributed by atoms with E-state index in [4.69, 9.17) is 16.6 Å². The van der Waals surface area contributed by atoms with Gasteiger partial charge in [-0.15, -0.1) is 0 Å². The van der Waals surface area contributed by atoms with Gasteiger partial charge in [-0.2, -0.15) is 0 Å². The molecule has 3 amide bonds. The largest absolute Gasteiger partial charge is 0.480 e. The molecule has 1 rings (SSSR count). The minimum absolute atomic E-state index is 0.0479. The number of carbonyl (C=O) groups excluding carboxylic acids is 3. The van der Waals surface area contributed by atoms with Gasteiger partial charge in [-0.3, -0.25) is 14.4 Å². The molecule has 11 nitrogen and oxygen atoms in total. The van der Waals surface area contributed by atoms with Crippen LogP contribution in [0.5, 0.6) is 0 Å². The van der Waals surface area contributed by atoms with Crippen LogP contribution in [0.25, 0.3) is 0 Å². The number of unbranched alkanes of at least 4 members (excludes halogenated alkanes) is 1. The lowest BCUT2D eigenvalue weighted by atomic mass is 10.0. The molecule has 0 heterocycles. The topological polar surface area (TPSA) is 197 Å². The third-order valence-corrected chi connectivity index (χ3v) is 5.35. The van der Waals surface area contributed by atoms with Crippen LogP contribution >= 0.6 is 0 Å². The normalized spacial score (nSPS) is 14.5. The van der Waals surface area contributed by atoms with E-state index in [0.29, 0.717) is 32.2 Å². The fourth-order valence-electron chi connectivity index (χ4n) is 3.43. The number of carboxylic acid groups (broad SMARTS) is 1. The Morgan fingerprint density at radius 3 is 2.00 bits per heavy atom. The molecular formula is C24H39N5O6. The van der Waals surface area contributed by atoms with Gasteiger partial charge < -0.3 is 37.6 Å². The van der Waals surface area contributed by atoms with Gasteiger partial charge in [-0.05, 0) is 50.1 Å². The highest BCUT2D eigenvalue weighted by molar-refractivity contribution is 5.94. The molecule has 35 heavy (non-hydrogen) atoms. The Morgan fingerprint density at radius 2 is 1.46 bits per heavy atom. The maximum Gasteiger partial charge on any atom is 0.328 e. The molecule has 0 fully saturated rings. The first-order valence-electron chi connectivity index (χ1n) is 11.8. The third-order valence-electron chi connectivity index (χ3n) is 5.35. The number of amides is 3. The fraction of sp³-hybridized carbons (Fsp3) is 0.583. The summed E-state index contributed by atoms with van der Waals surface area (Å²) in [4.78, 5) is 49.7. The van der Waals surface area contributed by atoms with Gasteiger partial charge in [0.05, 0.1) is 12.6 Å². The molecule has 0 aliphatic rings. The van der Waals surface area contributed by atoms with Crippen LogP contribution in [0.1, 0.15) is 45.1 Å². The highest BCUT2D eigenvalue weighted by Gasteiger charge is 2.30. The summed E-state index contributed by atoms with van der Waals surface area (Å²) in [5.41, 5.74) is 12.5. The zero-order chi connectivity index (χ0) is 26.4. The molecular weight excluding hydrogens is 454 g/mol. The smallest absolute Gasteiger partial charge is 0.328 e. The molecule has 9 N–H and O–H groups in total. The molecule has 0 radical (unpaired) electrons. The van der Waals surface area contributed by atoms with Gasteiger partial charge in [-0.1, -0.05) is 44.2 Å². The second kappa shape index (κ2) is 15.8. The molecule has 0 saturated heterocycles. The molecule has 4 unspecified atom stereocenters. The maximum atomic E-state index is 13.1. The van der Waals surface area contributed by atoms with Crippen molar-refractivity contribution in [3.63, 3.8) is 0 Å². The Bertz CT molecular complexity index is 820. The van der Waals surface area contributed by atoms with E-state index in [1.54, 1.807) is 0 Å². The van der Waals surface area contributed by atoms with Crippen LogP contribution in [0, 0.1) is 5.92 Å². The van der Waals surface area contributed by atoms with E-state index in [1.165, 1.54) is 0 Å². The van der Waals surface area contributed by atoms with E-state index < -0.39 is 54.5 Å². The molecule has 1 aromatic carbocycles. The van der Waals surface area contributed by atoms with Crippen molar-refractivity contribution in [3.8, 4) is 0 Å². The monoisotopic (exact) mass is 493 g/mol.